The Bertz CT molecular complexity index is 1170. The Labute approximate surface area is 171 Å². The highest BCUT2D eigenvalue weighted by atomic mass is 16.2. The van der Waals surface area contributed by atoms with E-state index in [9.17, 15) is 4.79 Å². The van der Waals surface area contributed by atoms with E-state index in [1.165, 1.54) is 5.56 Å². The number of carbonyl (C=O) groups excluding carboxylic acids is 1. The van der Waals surface area contributed by atoms with Gasteiger partial charge in [-0.25, -0.2) is 0 Å². The first kappa shape index (κ1) is 17.4. The van der Waals surface area contributed by atoms with Gasteiger partial charge in [-0.05, 0) is 41.8 Å². The van der Waals surface area contributed by atoms with Gasteiger partial charge in [-0.1, -0.05) is 96.6 Å². The van der Waals surface area contributed by atoms with E-state index in [-0.39, 0.29) is 5.91 Å². The fraction of sp³-hybridized carbons (Fsp3) is 0.0741. The van der Waals surface area contributed by atoms with Gasteiger partial charge in [0.15, 0.2) is 0 Å². The van der Waals surface area contributed by atoms with Crippen molar-refractivity contribution in [1.29, 1.82) is 0 Å². The highest BCUT2D eigenvalue weighted by Gasteiger charge is 2.52. The van der Waals surface area contributed by atoms with Crippen LogP contribution >= 0.6 is 0 Å². The monoisotopic (exact) mass is 375 g/mol. The fourth-order valence-corrected chi connectivity index (χ4v) is 4.48. The Morgan fingerprint density at radius 1 is 0.621 bits per heavy atom. The smallest absolute Gasteiger partial charge is 0.260 e. The molecule has 2 heteroatoms. The number of rotatable bonds is 3. The first-order valence-corrected chi connectivity index (χ1v) is 9.85. The molecule has 0 aromatic heterocycles. The lowest BCUT2D eigenvalue weighted by Gasteiger charge is -2.40. The Morgan fingerprint density at radius 2 is 1.17 bits per heavy atom. The molecule has 0 saturated carbocycles. The minimum atomic E-state index is -0.718. The number of anilines is 1. The third kappa shape index (κ3) is 2.53. The minimum Gasteiger partial charge on any atom is -0.290 e. The maximum atomic E-state index is 13.8. The summed E-state index contributed by atoms with van der Waals surface area (Å²) in [4.78, 5) is 15.7. The predicted molar refractivity (Wildman–Crippen MR) is 117 cm³/mol. The van der Waals surface area contributed by atoms with E-state index in [0.29, 0.717) is 0 Å². The van der Waals surface area contributed by atoms with Gasteiger partial charge in [-0.3, -0.25) is 9.69 Å². The number of fused-ring (bicyclic) bond motifs is 1. The summed E-state index contributed by atoms with van der Waals surface area (Å²) in [6.45, 7) is 2.09. The van der Waals surface area contributed by atoms with Gasteiger partial charge in [0.1, 0.15) is 5.54 Å². The van der Waals surface area contributed by atoms with Crippen LogP contribution in [0.5, 0.6) is 0 Å². The highest BCUT2D eigenvalue weighted by Crippen LogP contribution is 2.50. The zero-order valence-corrected chi connectivity index (χ0v) is 16.2. The molecule has 1 amide bonds. The molecule has 0 bridgehead atoms. The van der Waals surface area contributed by atoms with E-state index >= 15 is 0 Å². The molecular formula is C27H21NO. The standard InChI is InChI=1S/C27H21NO/c1-20-16-18-22(19-17-20)27(21-10-4-2-5-11-21)25-15-9-8-14-24(25)26(29)28(27)23-12-6-3-7-13-23/h2-19H,1H3/t27-/m1/s1. The summed E-state index contributed by atoms with van der Waals surface area (Å²) in [6.07, 6.45) is 0. The number of aryl methyl sites for hydroxylation is 1. The van der Waals surface area contributed by atoms with Crippen LogP contribution in [0, 0.1) is 6.92 Å². The molecule has 140 valence electrons. The van der Waals surface area contributed by atoms with E-state index in [1.54, 1.807) is 0 Å². The number of nitrogens with zero attached hydrogens (tertiary/aromatic N) is 1. The molecular weight excluding hydrogens is 354 g/mol. The van der Waals surface area contributed by atoms with Crippen molar-refractivity contribution in [2.24, 2.45) is 0 Å². The zero-order chi connectivity index (χ0) is 19.8. The van der Waals surface area contributed by atoms with Crippen LogP contribution in [-0.2, 0) is 5.54 Å². The van der Waals surface area contributed by atoms with Gasteiger partial charge >= 0.3 is 0 Å². The van der Waals surface area contributed by atoms with Gasteiger partial charge in [0.05, 0.1) is 0 Å². The maximum absolute atomic E-state index is 13.8. The van der Waals surface area contributed by atoms with Crippen LogP contribution in [-0.4, -0.2) is 5.91 Å². The highest BCUT2D eigenvalue weighted by molar-refractivity contribution is 6.13. The number of hydrogen-bond donors (Lipinski definition) is 0. The van der Waals surface area contributed by atoms with Gasteiger partial charge in [0.25, 0.3) is 5.91 Å². The number of hydrogen-bond acceptors (Lipinski definition) is 1. The molecule has 29 heavy (non-hydrogen) atoms. The molecule has 0 unspecified atom stereocenters. The lowest BCUT2D eigenvalue weighted by atomic mass is 9.76. The molecule has 1 aliphatic rings. The predicted octanol–water partition coefficient (Wildman–Crippen LogP) is 5.95. The van der Waals surface area contributed by atoms with Crippen molar-refractivity contribution in [3.63, 3.8) is 0 Å². The van der Waals surface area contributed by atoms with Crippen LogP contribution in [0.4, 0.5) is 5.69 Å². The van der Waals surface area contributed by atoms with Gasteiger partial charge < -0.3 is 0 Å². The molecule has 1 heterocycles. The van der Waals surface area contributed by atoms with Crippen molar-refractivity contribution < 1.29 is 4.79 Å². The Balaban J connectivity index is 1.92. The molecule has 4 aromatic rings. The molecule has 4 aromatic carbocycles. The lowest BCUT2D eigenvalue weighted by molar-refractivity contribution is 0.0986. The molecule has 0 spiro atoms. The van der Waals surface area contributed by atoms with Crippen molar-refractivity contribution in [1.82, 2.24) is 0 Å². The van der Waals surface area contributed by atoms with Crippen molar-refractivity contribution in [2.75, 3.05) is 4.90 Å². The van der Waals surface area contributed by atoms with E-state index in [2.05, 4.69) is 49.4 Å². The fourth-order valence-electron chi connectivity index (χ4n) is 4.48. The summed E-state index contributed by atoms with van der Waals surface area (Å²) in [5, 5.41) is 0. The largest absolute Gasteiger partial charge is 0.290 e. The summed E-state index contributed by atoms with van der Waals surface area (Å²) in [6, 6.07) is 36.8. The van der Waals surface area contributed by atoms with Crippen molar-refractivity contribution in [3.8, 4) is 0 Å². The maximum Gasteiger partial charge on any atom is 0.260 e. The zero-order valence-electron chi connectivity index (χ0n) is 16.2. The van der Waals surface area contributed by atoms with Gasteiger partial charge in [0.2, 0.25) is 0 Å². The van der Waals surface area contributed by atoms with Crippen LogP contribution in [0.2, 0.25) is 0 Å². The topological polar surface area (TPSA) is 20.3 Å². The Kier molecular flexibility index (Phi) is 4.06. The summed E-state index contributed by atoms with van der Waals surface area (Å²) in [5.74, 6) is 0.0243. The van der Waals surface area contributed by atoms with Crippen molar-refractivity contribution in [2.45, 2.75) is 12.5 Å². The van der Waals surface area contributed by atoms with E-state index < -0.39 is 5.54 Å². The molecule has 1 atom stereocenters. The summed E-state index contributed by atoms with van der Waals surface area (Å²) >= 11 is 0. The second-order valence-corrected chi connectivity index (χ2v) is 7.46. The molecule has 0 saturated heterocycles. The molecule has 0 aliphatic carbocycles. The van der Waals surface area contributed by atoms with Gasteiger partial charge in [-0.15, -0.1) is 0 Å². The van der Waals surface area contributed by atoms with Crippen LogP contribution in [0.25, 0.3) is 0 Å². The molecule has 0 radical (unpaired) electrons. The van der Waals surface area contributed by atoms with Crippen LogP contribution in [0.3, 0.4) is 0 Å². The third-order valence-corrected chi connectivity index (χ3v) is 5.76. The molecule has 5 rings (SSSR count). The second kappa shape index (κ2) is 6.75. The third-order valence-electron chi connectivity index (χ3n) is 5.76. The SMILES string of the molecule is Cc1ccc([C@]2(c3ccccc3)c3ccccc3C(=O)N2c2ccccc2)cc1. The Hall–Kier alpha value is -3.65. The van der Waals surface area contributed by atoms with Crippen LogP contribution in [0.1, 0.15) is 32.6 Å². The normalized spacial score (nSPS) is 18.0. The van der Waals surface area contributed by atoms with Crippen molar-refractivity contribution in [3.05, 3.63) is 137 Å². The Morgan fingerprint density at radius 3 is 1.86 bits per heavy atom. The molecule has 0 N–H and O–H groups in total. The number of carbonyl (C=O) groups is 1. The molecule has 2 nitrogen and oxygen atoms in total. The van der Waals surface area contributed by atoms with Crippen LogP contribution < -0.4 is 4.90 Å². The van der Waals surface area contributed by atoms with Gasteiger partial charge in [-0.2, -0.15) is 0 Å². The second-order valence-electron chi connectivity index (χ2n) is 7.46. The number of benzene rings is 4. The minimum absolute atomic E-state index is 0.0243. The average Bonchev–Trinajstić information content (AvgIpc) is 3.05. The summed E-state index contributed by atoms with van der Waals surface area (Å²) < 4.78 is 0. The number of para-hydroxylation sites is 1. The van der Waals surface area contributed by atoms with Crippen LogP contribution in [0.15, 0.2) is 109 Å². The summed E-state index contributed by atoms with van der Waals surface area (Å²) in [5.41, 5.74) is 5.29. The first-order valence-electron chi connectivity index (χ1n) is 9.85. The molecule has 1 aliphatic heterocycles. The lowest BCUT2D eigenvalue weighted by Crippen LogP contribution is -2.46. The first-order chi connectivity index (χ1) is 14.2. The van der Waals surface area contributed by atoms with Crippen molar-refractivity contribution >= 4 is 11.6 Å². The van der Waals surface area contributed by atoms with E-state index in [0.717, 1.165) is 27.9 Å². The van der Waals surface area contributed by atoms with E-state index in [4.69, 9.17) is 0 Å². The van der Waals surface area contributed by atoms with E-state index in [1.807, 2.05) is 71.6 Å². The summed E-state index contributed by atoms with van der Waals surface area (Å²) in [7, 11) is 0. The average molecular weight is 375 g/mol. The number of amides is 1. The quantitative estimate of drug-likeness (QED) is 0.433. The van der Waals surface area contributed by atoms with Gasteiger partial charge in [0, 0.05) is 11.3 Å². The molecule has 0 fully saturated rings.